The Morgan fingerprint density at radius 1 is 1.14 bits per heavy atom. The summed E-state index contributed by atoms with van der Waals surface area (Å²) >= 11 is 7.38. The predicted molar refractivity (Wildman–Crippen MR) is 118 cm³/mol. The van der Waals surface area contributed by atoms with Crippen LogP contribution in [-0.2, 0) is 5.54 Å². The van der Waals surface area contributed by atoms with Crippen molar-refractivity contribution in [2.45, 2.75) is 40.2 Å². The summed E-state index contributed by atoms with van der Waals surface area (Å²) in [6.07, 6.45) is 0. The van der Waals surface area contributed by atoms with E-state index < -0.39 is 0 Å². The van der Waals surface area contributed by atoms with Crippen LogP contribution in [0, 0.1) is 13.8 Å². The van der Waals surface area contributed by atoms with Crippen LogP contribution < -0.4 is 5.56 Å². The highest BCUT2D eigenvalue weighted by atomic mass is 35.5. The number of nitrogens with zero attached hydrogens (tertiary/aromatic N) is 4. The first kappa shape index (κ1) is 19.7. The van der Waals surface area contributed by atoms with Crippen LogP contribution in [0.15, 0.2) is 40.5 Å². The summed E-state index contributed by atoms with van der Waals surface area (Å²) in [6.45, 7) is 10.1. The van der Waals surface area contributed by atoms with E-state index in [1.807, 2.05) is 54.2 Å². The van der Waals surface area contributed by atoms with Crippen molar-refractivity contribution in [3.05, 3.63) is 62.5 Å². The lowest BCUT2D eigenvalue weighted by Gasteiger charge is -2.22. The summed E-state index contributed by atoms with van der Waals surface area (Å²) in [5.41, 5.74) is 4.46. The molecule has 0 aliphatic heterocycles. The summed E-state index contributed by atoms with van der Waals surface area (Å²) in [6, 6.07) is 9.44. The van der Waals surface area contributed by atoms with Crippen molar-refractivity contribution in [3.8, 4) is 27.6 Å². The van der Waals surface area contributed by atoms with Crippen LogP contribution in [0.2, 0.25) is 5.02 Å². The highest BCUT2D eigenvalue weighted by Gasteiger charge is 2.25. The van der Waals surface area contributed by atoms with Gasteiger partial charge in [0.05, 0.1) is 28.2 Å². The van der Waals surface area contributed by atoms with Gasteiger partial charge in [-0.05, 0) is 52.8 Å². The van der Waals surface area contributed by atoms with Crippen molar-refractivity contribution in [1.82, 2.24) is 24.5 Å². The quantitative estimate of drug-likeness (QED) is 0.490. The summed E-state index contributed by atoms with van der Waals surface area (Å²) in [4.78, 5) is 18.0. The van der Waals surface area contributed by atoms with Crippen molar-refractivity contribution in [2.24, 2.45) is 0 Å². The topological polar surface area (TPSA) is 68.5 Å². The SMILES string of the molecule is Cc1cc(-c2c(C)[nH]n(-c3nc(-c4ccc(Cl)cc4)cs3)c2=O)n(C(C)(C)C)n1. The van der Waals surface area contributed by atoms with Gasteiger partial charge in [-0.25, -0.2) is 4.98 Å². The lowest BCUT2D eigenvalue weighted by Crippen LogP contribution is -2.25. The minimum absolute atomic E-state index is 0.134. The van der Waals surface area contributed by atoms with Gasteiger partial charge in [-0.2, -0.15) is 9.78 Å². The van der Waals surface area contributed by atoms with Gasteiger partial charge >= 0.3 is 0 Å². The molecule has 0 spiro atoms. The Hall–Kier alpha value is -2.64. The second-order valence-corrected chi connectivity index (χ2v) is 9.30. The Bertz CT molecular complexity index is 1240. The molecule has 0 amide bonds. The standard InChI is InChI=1S/C21H22ClN5OS/c1-12-10-17(27(24-12)21(3,4)5)18-13(2)25-26(19(18)28)20-23-16(11-29-20)14-6-8-15(22)9-7-14/h6-11,25H,1-5H3. The highest BCUT2D eigenvalue weighted by molar-refractivity contribution is 7.12. The molecule has 0 aliphatic carbocycles. The number of hydrogen-bond donors (Lipinski definition) is 1. The molecule has 29 heavy (non-hydrogen) atoms. The molecular weight excluding hydrogens is 406 g/mol. The molecule has 0 fully saturated rings. The molecular formula is C21H22ClN5OS. The first-order chi connectivity index (χ1) is 13.6. The Morgan fingerprint density at radius 2 is 1.83 bits per heavy atom. The Labute approximate surface area is 177 Å². The molecule has 3 heterocycles. The number of rotatable bonds is 3. The van der Waals surface area contributed by atoms with Gasteiger partial charge in [0.1, 0.15) is 0 Å². The maximum absolute atomic E-state index is 13.3. The fraction of sp³-hybridized carbons (Fsp3) is 0.286. The molecule has 0 saturated carbocycles. The molecule has 4 aromatic rings. The van der Waals surface area contributed by atoms with E-state index in [-0.39, 0.29) is 11.1 Å². The summed E-state index contributed by atoms with van der Waals surface area (Å²) in [5, 5.41) is 11.0. The first-order valence-corrected chi connectivity index (χ1v) is 10.5. The van der Waals surface area contributed by atoms with E-state index in [9.17, 15) is 4.79 Å². The Kier molecular flexibility index (Phi) is 4.75. The van der Waals surface area contributed by atoms with E-state index in [1.165, 1.54) is 16.0 Å². The van der Waals surface area contributed by atoms with Crippen LogP contribution >= 0.6 is 22.9 Å². The molecule has 1 aromatic carbocycles. The molecule has 150 valence electrons. The third kappa shape index (κ3) is 3.56. The van der Waals surface area contributed by atoms with Crippen molar-refractivity contribution in [2.75, 3.05) is 0 Å². The maximum atomic E-state index is 13.3. The van der Waals surface area contributed by atoms with Crippen LogP contribution in [0.25, 0.3) is 27.6 Å². The van der Waals surface area contributed by atoms with E-state index in [2.05, 4.69) is 36.0 Å². The third-order valence-electron chi connectivity index (χ3n) is 4.62. The number of nitrogens with one attached hydrogen (secondary N) is 1. The van der Waals surface area contributed by atoms with Gasteiger partial charge in [0.15, 0.2) is 0 Å². The van der Waals surface area contributed by atoms with E-state index in [4.69, 9.17) is 11.6 Å². The number of H-pyrrole nitrogens is 1. The van der Waals surface area contributed by atoms with Crippen molar-refractivity contribution in [3.63, 3.8) is 0 Å². The number of halogens is 1. The molecule has 0 radical (unpaired) electrons. The molecule has 6 nitrogen and oxygen atoms in total. The molecule has 0 bridgehead atoms. The van der Waals surface area contributed by atoms with Crippen LogP contribution in [-0.4, -0.2) is 24.5 Å². The van der Waals surface area contributed by atoms with E-state index >= 15 is 0 Å². The molecule has 0 saturated heterocycles. The van der Waals surface area contributed by atoms with Gasteiger partial charge in [-0.15, -0.1) is 11.3 Å². The van der Waals surface area contributed by atoms with Crippen LogP contribution in [0.4, 0.5) is 0 Å². The number of aryl methyl sites for hydroxylation is 2. The normalized spacial score (nSPS) is 11.9. The third-order valence-corrected chi connectivity index (χ3v) is 5.70. The van der Waals surface area contributed by atoms with Crippen LogP contribution in [0.5, 0.6) is 0 Å². The van der Waals surface area contributed by atoms with Gasteiger partial charge < -0.3 is 0 Å². The van der Waals surface area contributed by atoms with E-state index in [0.717, 1.165) is 28.3 Å². The second-order valence-electron chi connectivity index (χ2n) is 8.03. The monoisotopic (exact) mass is 427 g/mol. The number of thiazole rings is 1. The minimum Gasteiger partial charge on any atom is -0.293 e. The van der Waals surface area contributed by atoms with Gasteiger partial charge in [-0.3, -0.25) is 14.6 Å². The lowest BCUT2D eigenvalue weighted by molar-refractivity contribution is 0.358. The fourth-order valence-electron chi connectivity index (χ4n) is 3.29. The van der Waals surface area contributed by atoms with Gasteiger partial charge in [0, 0.05) is 21.7 Å². The fourth-order valence-corrected chi connectivity index (χ4v) is 4.21. The molecule has 4 rings (SSSR count). The minimum atomic E-state index is -0.243. The summed E-state index contributed by atoms with van der Waals surface area (Å²) in [5.74, 6) is 0. The zero-order chi connectivity index (χ0) is 20.9. The maximum Gasteiger partial charge on any atom is 0.283 e. The smallest absolute Gasteiger partial charge is 0.283 e. The Morgan fingerprint density at radius 3 is 2.48 bits per heavy atom. The van der Waals surface area contributed by atoms with Crippen molar-refractivity contribution < 1.29 is 0 Å². The molecule has 8 heteroatoms. The first-order valence-electron chi connectivity index (χ1n) is 9.26. The zero-order valence-corrected chi connectivity index (χ0v) is 18.5. The summed E-state index contributed by atoms with van der Waals surface area (Å²) < 4.78 is 3.41. The molecule has 0 atom stereocenters. The number of benzene rings is 1. The van der Waals surface area contributed by atoms with Crippen molar-refractivity contribution in [1.29, 1.82) is 0 Å². The number of aromatic nitrogens is 5. The largest absolute Gasteiger partial charge is 0.293 e. The number of hydrogen-bond acceptors (Lipinski definition) is 4. The molecule has 3 aromatic heterocycles. The van der Waals surface area contributed by atoms with Crippen LogP contribution in [0.3, 0.4) is 0 Å². The average molecular weight is 428 g/mol. The Balaban J connectivity index is 1.80. The van der Waals surface area contributed by atoms with Crippen LogP contribution in [0.1, 0.15) is 32.2 Å². The predicted octanol–water partition coefficient (Wildman–Crippen LogP) is 5.18. The molecule has 0 unspecified atom stereocenters. The summed E-state index contributed by atoms with van der Waals surface area (Å²) in [7, 11) is 0. The molecule has 1 N–H and O–H groups in total. The van der Waals surface area contributed by atoms with Crippen molar-refractivity contribution >= 4 is 22.9 Å². The second kappa shape index (κ2) is 7.00. The van der Waals surface area contributed by atoms with Gasteiger partial charge in [0.2, 0.25) is 5.13 Å². The lowest BCUT2D eigenvalue weighted by atomic mass is 10.1. The van der Waals surface area contributed by atoms with Gasteiger partial charge in [-0.1, -0.05) is 23.7 Å². The molecule has 0 aliphatic rings. The van der Waals surface area contributed by atoms with E-state index in [1.54, 1.807) is 0 Å². The number of aromatic amines is 1. The highest BCUT2D eigenvalue weighted by Crippen LogP contribution is 2.28. The van der Waals surface area contributed by atoms with Gasteiger partial charge in [0.25, 0.3) is 5.56 Å². The zero-order valence-electron chi connectivity index (χ0n) is 16.9. The average Bonchev–Trinajstić information content (AvgIpc) is 3.33. The van der Waals surface area contributed by atoms with E-state index in [0.29, 0.717) is 15.7 Å².